The van der Waals surface area contributed by atoms with Crippen molar-refractivity contribution in [2.45, 2.75) is 12.7 Å². The molecule has 3 aromatic heterocycles. The Labute approximate surface area is 200 Å². The van der Waals surface area contributed by atoms with Gasteiger partial charge in [-0.25, -0.2) is 22.9 Å². The van der Waals surface area contributed by atoms with Crippen LogP contribution in [0, 0.1) is 11.6 Å². The molecule has 0 bridgehead atoms. The predicted octanol–water partition coefficient (Wildman–Crippen LogP) is 4.74. The maximum Gasteiger partial charge on any atom is 0.416 e. The molecular weight excluding hydrogens is 509 g/mol. The second kappa shape index (κ2) is 8.16. The van der Waals surface area contributed by atoms with E-state index in [4.69, 9.17) is 0 Å². The predicted molar refractivity (Wildman–Crippen MR) is 121 cm³/mol. The zero-order valence-electron chi connectivity index (χ0n) is 17.7. The first kappa shape index (κ1) is 23.5. The van der Waals surface area contributed by atoms with E-state index in [-0.39, 0.29) is 27.4 Å². The number of fused-ring (bicyclic) bond motifs is 2. The molecule has 0 saturated carbocycles. The highest BCUT2D eigenvalue weighted by molar-refractivity contribution is 7.09. The van der Waals surface area contributed by atoms with Crippen molar-refractivity contribution in [2.75, 3.05) is 0 Å². The van der Waals surface area contributed by atoms with Crippen LogP contribution in [-0.2, 0) is 12.7 Å². The van der Waals surface area contributed by atoms with Gasteiger partial charge in [-0.3, -0.25) is 4.79 Å². The summed E-state index contributed by atoms with van der Waals surface area (Å²) in [5.74, 6) is -3.58. The molecule has 0 amide bonds. The van der Waals surface area contributed by atoms with Crippen LogP contribution in [0.15, 0.2) is 56.7 Å². The van der Waals surface area contributed by atoms with Gasteiger partial charge in [-0.05, 0) is 35.9 Å². The smallest absolute Gasteiger partial charge is 0.416 e. The molecule has 13 heteroatoms. The van der Waals surface area contributed by atoms with Crippen molar-refractivity contribution in [3.63, 3.8) is 0 Å². The van der Waals surface area contributed by atoms with Gasteiger partial charge in [0.05, 0.1) is 27.7 Å². The van der Waals surface area contributed by atoms with E-state index in [1.807, 2.05) is 0 Å². The van der Waals surface area contributed by atoms with E-state index >= 15 is 0 Å². The number of hydrogen-bond acceptors (Lipinski definition) is 4. The third kappa shape index (κ3) is 3.77. The van der Waals surface area contributed by atoms with Crippen LogP contribution in [0.1, 0.15) is 21.6 Å². The number of alkyl halides is 3. The molecule has 7 nitrogen and oxygen atoms in total. The zero-order valence-corrected chi connectivity index (χ0v) is 18.5. The Bertz CT molecular complexity index is 1790. The van der Waals surface area contributed by atoms with Crippen molar-refractivity contribution in [1.29, 1.82) is 0 Å². The first-order valence-electron chi connectivity index (χ1n) is 10.1. The Balaban J connectivity index is 1.92. The van der Waals surface area contributed by atoms with E-state index in [1.165, 1.54) is 10.8 Å². The van der Waals surface area contributed by atoms with Crippen molar-refractivity contribution in [1.82, 2.24) is 14.1 Å². The molecule has 0 unspecified atom stereocenters. The fourth-order valence-corrected chi connectivity index (χ4v) is 4.91. The molecule has 0 spiro atoms. The van der Waals surface area contributed by atoms with Gasteiger partial charge in [0.1, 0.15) is 11.6 Å². The van der Waals surface area contributed by atoms with Gasteiger partial charge in [0, 0.05) is 28.8 Å². The van der Waals surface area contributed by atoms with E-state index in [1.54, 1.807) is 0 Å². The first-order chi connectivity index (χ1) is 17.0. The summed E-state index contributed by atoms with van der Waals surface area (Å²) >= 11 is 1.08. The molecule has 2 aromatic carbocycles. The highest BCUT2D eigenvalue weighted by atomic mass is 32.1. The summed E-state index contributed by atoms with van der Waals surface area (Å²) in [4.78, 5) is 40.9. The molecule has 2 N–H and O–H groups in total. The Hall–Kier alpha value is -4.26. The van der Waals surface area contributed by atoms with Gasteiger partial charge in [-0.2, -0.15) is 13.2 Å². The third-order valence-electron chi connectivity index (χ3n) is 5.59. The molecule has 184 valence electrons. The summed E-state index contributed by atoms with van der Waals surface area (Å²) in [6, 6.07) is 4.78. The van der Waals surface area contributed by atoms with Crippen LogP contribution in [0.4, 0.5) is 22.0 Å². The summed E-state index contributed by atoms with van der Waals surface area (Å²) in [6.45, 7) is -0.481. The number of nitrogens with one attached hydrogen (secondary N) is 1. The molecule has 0 saturated heterocycles. The summed E-state index contributed by atoms with van der Waals surface area (Å²) in [6.07, 6.45) is -4.82. The van der Waals surface area contributed by atoms with Crippen LogP contribution >= 0.6 is 11.3 Å². The van der Waals surface area contributed by atoms with E-state index in [0.717, 1.165) is 34.1 Å². The van der Waals surface area contributed by atoms with E-state index in [0.29, 0.717) is 22.8 Å². The molecule has 0 atom stereocenters. The molecule has 0 aliphatic rings. The second-order valence-corrected chi connectivity index (χ2v) is 8.61. The zero-order chi connectivity index (χ0) is 25.9. The summed E-state index contributed by atoms with van der Waals surface area (Å²) in [5, 5.41) is 12.6. The number of hydrogen-bond donors (Lipinski definition) is 2. The van der Waals surface area contributed by atoms with Gasteiger partial charge >= 0.3 is 17.8 Å². The number of H-pyrrole nitrogens is 1. The number of aromatic carboxylic acids is 1. The minimum Gasteiger partial charge on any atom is -0.477 e. The van der Waals surface area contributed by atoms with Gasteiger partial charge in [0.2, 0.25) is 0 Å². The largest absolute Gasteiger partial charge is 0.477 e. The van der Waals surface area contributed by atoms with Crippen LogP contribution in [0.2, 0.25) is 0 Å². The Morgan fingerprint density at radius 3 is 2.33 bits per heavy atom. The minimum atomic E-state index is -4.82. The number of aromatic amines is 1. The topological polar surface area (TPSA) is 97.1 Å². The molecule has 0 fully saturated rings. The van der Waals surface area contributed by atoms with Gasteiger partial charge in [-0.1, -0.05) is 0 Å². The van der Waals surface area contributed by atoms with Crippen molar-refractivity contribution in [2.24, 2.45) is 0 Å². The summed E-state index contributed by atoms with van der Waals surface area (Å²) in [7, 11) is 0. The lowest BCUT2D eigenvalue weighted by Gasteiger charge is -2.10. The van der Waals surface area contributed by atoms with Crippen molar-refractivity contribution >= 4 is 39.1 Å². The standard InChI is InChI=1S/C23H12F5N3O4S/c24-12-3-10(4-13(25)6-12)7-30-17-2-1-11(23(26,27)28)5-14(17)18(19(30)21(33)34)31-20(32)15-8-36-9-16(15)29-22(31)35/h1-6,8-9H,7H2,(H,29,35)(H,33,34). The lowest BCUT2D eigenvalue weighted by molar-refractivity contribution is -0.137. The fourth-order valence-electron chi connectivity index (χ4n) is 4.15. The van der Waals surface area contributed by atoms with Gasteiger partial charge in [-0.15, -0.1) is 11.3 Å². The number of benzene rings is 2. The Morgan fingerprint density at radius 1 is 1.00 bits per heavy atom. The number of rotatable bonds is 4. The lowest BCUT2D eigenvalue weighted by Crippen LogP contribution is -2.34. The summed E-state index contributed by atoms with van der Waals surface area (Å²) < 4.78 is 69.7. The molecule has 0 aliphatic heterocycles. The number of carboxylic acids is 1. The number of carbonyl (C=O) groups is 1. The number of nitrogens with zero attached hydrogens (tertiary/aromatic N) is 2. The van der Waals surface area contributed by atoms with E-state index in [2.05, 4.69) is 4.98 Å². The number of carboxylic acid groups (broad SMARTS) is 1. The van der Waals surface area contributed by atoms with Crippen molar-refractivity contribution in [3.8, 4) is 5.69 Å². The van der Waals surface area contributed by atoms with Gasteiger partial charge in [0.15, 0.2) is 5.69 Å². The number of halogens is 5. The minimum absolute atomic E-state index is 0.0241. The first-order valence-corrected chi connectivity index (χ1v) is 11.0. The van der Waals surface area contributed by atoms with Crippen molar-refractivity contribution in [3.05, 3.63) is 96.5 Å². The average molecular weight is 521 g/mol. The molecule has 3 heterocycles. The van der Waals surface area contributed by atoms with Crippen molar-refractivity contribution < 1.29 is 31.9 Å². The molecule has 36 heavy (non-hydrogen) atoms. The highest BCUT2D eigenvalue weighted by Crippen LogP contribution is 2.36. The maximum absolute atomic E-state index is 13.8. The average Bonchev–Trinajstić information content (AvgIpc) is 3.35. The monoisotopic (exact) mass is 521 g/mol. The maximum atomic E-state index is 13.8. The van der Waals surface area contributed by atoms with E-state index in [9.17, 15) is 41.4 Å². The SMILES string of the molecule is O=C(O)c1c(-n2c(=O)[nH]c3cscc3c2=O)c2cc(C(F)(F)F)ccc2n1Cc1cc(F)cc(F)c1. The molecule has 5 rings (SSSR count). The number of thiophene rings is 1. The Kier molecular flexibility index (Phi) is 5.32. The second-order valence-electron chi connectivity index (χ2n) is 7.87. The van der Waals surface area contributed by atoms with Crippen LogP contribution in [0.3, 0.4) is 0 Å². The Morgan fingerprint density at radius 2 is 1.69 bits per heavy atom. The summed E-state index contributed by atoms with van der Waals surface area (Å²) in [5.41, 5.74) is -4.42. The van der Waals surface area contributed by atoms with Crippen LogP contribution in [0.25, 0.3) is 27.5 Å². The third-order valence-corrected chi connectivity index (χ3v) is 6.34. The molecule has 0 aliphatic carbocycles. The number of aromatic nitrogens is 3. The molecule has 0 radical (unpaired) electrons. The van der Waals surface area contributed by atoms with Crippen LogP contribution in [-0.4, -0.2) is 25.2 Å². The van der Waals surface area contributed by atoms with Crippen LogP contribution < -0.4 is 11.2 Å². The fraction of sp³-hybridized carbons (Fsp3) is 0.0870. The quantitative estimate of drug-likeness (QED) is 0.334. The molecular formula is C23H12F5N3O4S. The lowest BCUT2D eigenvalue weighted by atomic mass is 10.1. The highest BCUT2D eigenvalue weighted by Gasteiger charge is 2.33. The normalized spacial score (nSPS) is 12.0. The van der Waals surface area contributed by atoms with Gasteiger partial charge in [0.25, 0.3) is 5.56 Å². The van der Waals surface area contributed by atoms with E-state index < -0.39 is 58.5 Å². The van der Waals surface area contributed by atoms with Crippen LogP contribution in [0.5, 0.6) is 0 Å². The van der Waals surface area contributed by atoms with Gasteiger partial charge < -0.3 is 14.7 Å². The molecule has 5 aromatic rings.